The third-order valence-electron chi connectivity index (χ3n) is 5.29. The first-order valence-electron chi connectivity index (χ1n) is 10.2. The van der Waals surface area contributed by atoms with Crippen molar-refractivity contribution in [1.82, 2.24) is 9.55 Å². The molecule has 0 radical (unpaired) electrons. The summed E-state index contributed by atoms with van der Waals surface area (Å²) in [5, 5.41) is 4.25. The standard InChI is InChI=1S/C23H25N3O2S2/c1-4-12-26-22(28)20-17-6-5-7-18(17)30-21(20)25-23(26)29-13-19(27)24-16-10-8-15(9-11-16)14(2)3/h4,8-11,14H,1,5-7,12-13H2,2-3H3,(H,24,27). The molecule has 0 fully saturated rings. The van der Waals surface area contributed by atoms with Crippen molar-refractivity contribution in [2.45, 2.75) is 50.7 Å². The molecular formula is C23H25N3O2S2. The Morgan fingerprint density at radius 2 is 2.10 bits per heavy atom. The smallest absolute Gasteiger partial charge is 0.263 e. The maximum Gasteiger partial charge on any atom is 0.263 e. The maximum atomic E-state index is 13.2. The molecule has 0 saturated heterocycles. The van der Waals surface area contributed by atoms with Crippen LogP contribution in [-0.2, 0) is 24.2 Å². The van der Waals surface area contributed by atoms with Crippen LogP contribution in [0.5, 0.6) is 0 Å². The van der Waals surface area contributed by atoms with Gasteiger partial charge in [-0.05, 0) is 48.4 Å². The number of thiophene rings is 1. The molecule has 1 N–H and O–H groups in total. The monoisotopic (exact) mass is 439 g/mol. The summed E-state index contributed by atoms with van der Waals surface area (Å²) in [7, 11) is 0. The van der Waals surface area contributed by atoms with Crippen LogP contribution >= 0.6 is 23.1 Å². The topological polar surface area (TPSA) is 64.0 Å². The number of amides is 1. The number of thioether (sulfide) groups is 1. The molecule has 1 aromatic carbocycles. The molecule has 0 saturated carbocycles. The van der Waals surface area contributed by atoms with Gasteiger partial charge in [-0.1, -0.05) is 43.8 Å². The van der Waals surface area contributed by atoms with E-state index in [-0.39, 0.29) is 17.2 Å². The minimum atomic E-state index is -0.120. The second-order valence-corrected chi connectivity index (χ2v) is 9.78. The fourth-order valence-corrected chi connectivity index (χ4v) is 5.85. The summed E-state index contributed by atoms with van der Waals surface area (Å²) >= 11 is 2.91. The average Bonchev–Trinajstić information content (AvgIpc) is 3.30. The molecule has 1 aliphatic rings. The van der Waals surface area contributed by atoms with E-state index >= 15 is 0 Å². The second-order valence-electron chi connectivity index (χ2n) is 7.75. The van der Waals surface area contributed by atoms with E-state index in [1.807, 2.05) is 24.3 Å². The Balaban J connectivity index is 1.53. The van der Waals surface area contributed by atoms with E-state index in [0.717, 1.165) is 35.2 Å². The van der Waals surface area contributed by atoms with Crippen LogP contribution in [0.4, 0.5) is 5.69 Å². The summed E-state index contributed by atoms with van der Waals surface area (Å²) in [5.41, 5.74) is 3.15. The molecule has 2 aromatic heterocycles. The van der Waals surface area contributed by atoms with Crippen molar-refractivity contribution in [3.8, 4) is 0 Å². The second kappa shape index (κ2) is 8.78. The maximum absolute atomic E-state index is 13.2. The Morgan fingerprint density at radius 3 is 2.80 bits per heavy atom. The lowest BCUT2D eigenvalue weighted by molar-refractivity contribution is -0.113. The number of rotatable bonds is 7. The van der Waals surface area contributed by atoms with E-state index in [0.29, 0.717) is 17.6 Å². The highest BCUT2D eigenvalue weighted by Gasteiger charge is 2.23. The zero-order valence-corrected chi connectivity index (χ0v) is 18.9. The quantitative estimate of drug-likeness (QED) is 0.320. The lowest BCUT2D eigenvalue weighted by Gasteiger charge is -2.11. The van der Waals surface area contributed by atoms with Crippen LogP contribution in [0.2, 0.25) is 0 Å². The number of hydrogen-bond donors (Lipinski definition) is 1. The van der Waals surface area contributed by atoms with Gasteiger partial charge in [0.15, 0.2) is 5.16 Å². The molecule has 30 heavy (non-hydrogen) atoms. The number of hydrogen-bond acceptors (Lipinski definition) is 5. The minimum absolute atomic E-state index is 0.0218. The summed E-state index contributed by atoms with van der Waals surface area (Å²) in [4.78, 5) is 32.4. The van der Waals surface area contributed by atoms with Crippen LogP contribution in [0.3, 0.4) is 0 Å². The molecule has 4 rings (SSSR count). The fourth-order valence-electron chi connectivity index (χ4n) is 3.74. The van der Waals surface area contributed by atoms with Crippen LogP contribution in [0.15, 0.2) is 46.9 Å². The molecule has 7 heteroatoms. The van der Waals surface area contributed by atoms with Crippen molar-refractivity contribution in [3.63, 3.8) is 0 Å². The van der Waals surface area contributed by atoms with Gasteiger partial charge in [-0.15, -0.1) is 17.9 Å². The molecule has 2 heterocycles. The van der Waals surface area contributed by atoms with E-state index in [9.17, 15) is 9.59 Å². The highest BCUT2D eigenvalue weighted by atomic mass is 32.2. The first-order valence-corrected chi connectivity index (χ1v) is 12.0. The minimum Gasteiger partial charge on any atom is -0.325 e. The Morgan fingerprint density at radius 1 is 1.33 bits per heavy atom. The normalized spacial score (nSPS) is 13.0. The number of nitrogens with one attached hydrogen (secondary N) is 1. The zero-order chi connectivity index (χ0) is 21.3. The van der Waals surface area contributed by atoms with Crippen LogP contribution in [0, 0.1) is 0 Å². The lowest BCUT2D eigenvalue weighted by atomic mass is 10.0. The van der Waals surface area contributed by atoms with Crippen molar-refractivity contribution in [3.05, 3.63) is 63.3 Å². The van der Waals surface area contributed by atoms with E-state index in [4.69, 9.17) is 4.98 Å². The summed E-state index contributed by atoms with van der Waals surface area (Å²) in [5.74, 6) is 0.517. The Hall–Kier alpha value is -2.38. The van der Waals surface area contributed by atoms with E-state index in [1.54, 1.807) is 22.0 Å². The van der Waals surface area contributed by atoms with Gasteiger partial charge in [-0.25, -0.2) is 4.98 Å². The number of nitrogens with zero attached hydrogens (tertiary/aromatic N) is 2. The number of benzene rings is 1. The molecule has 3 aromatic rings. The first-order chi connectivity index (χ1) is 14.5. The van der Waals surface area contributed by atoms with Gasteiger partial charge in [0.25, 0.3) is 5.56 Å². The predicted octanol–water partition coefficient (Wildman–Crippen LogP) is 4.99. The van der Waals surface area contributed by atoms with Crippen molar-refractivity contribution in [1.29, 1.82) is 0 Å². The number of carbonyl (C=O) groups excluding carboxylic acids is 1. The SMILES string of the molecule is C=CCn1c(SCC(=O)Nc2ccc(C(C)C)cc2)nc2sc3c(c2c1=O)CCC3. The van der Waals surface area contributed by atoms with E-state index < -0.39 is 0 Å². The Kier molecular flexibility index (Phi) is 6.11. The van der Waals surface area contributed by atoms with Gasteiger partial charge in [0.1, 0.15) is 4.83 Å². The molecule has 0 spiro atoms. The third-order valence-corrected chi connectivity index (χ3v) is 7.46. The largest absolute Gasteiger partial charge is 0.325 e. The van der Waals surface area contributed by atoms with Gasteiger partial charge in [-0.2, -0.15) is 0 Å². The highest BCUT2D eigenvalue weighted by molar-refractivity contribution is 7.99. The van der Waals surface area contributed by atoms with Gasteiger partial charge >= 0.3 is 0 Å². The van der Waals surface area contributed by atoms with Crippen molar-refractivity contribution in [2.75, 3.05) is 11.1 Å². The Bertz CT molecular complexity index is 1160. The molecule has 5 nitrogen and oxygen atoms in total. The van der Waals surface area contributed by atoms with E-state index in [1.165, 1.54) is 27.8 Å². The zero-order valence-electron chi connectivity index (χ0n) is 17.2. The number of aromatic nitrogens is 2. The molecule has 0 bridgehead atoms. The lowest BCUT2D eigenvalue weighted by Crippen LogP contribution is -2.24. The summed E-state index contributed by atoms with van der Waals surface area (Å²) in [6.45, 7) is 8.43. The van der Waals surface area contributed by atoms with Gasteiger partial charge < -0.3 is 5.32 Å². The molecular weight excluding hydrogens is 414 g/mol. The number of aryl methyl sites for hydroxylation is 2. The molecule has 0 unspecified atom stereocenters. The molecule has 1 aliphatic carbocycles. The van der Waals surface area contributed by atoms with Crippen molar-refractivity contribution < 1.29 is 4.79 Å². The summed E-state index contributed by atoms with van der Waals surface area (Å²) in [6, 6.07) is 7.90. The predicted molar refractivity (Wildman–Crippen MR) is 126 cm³/mol. The van der Waals surface area contributed by atoms with Gasteiger partial charge in [-0.3, -0.25) is 14.2 Å². The number of anilines is 1. The van der Waals surface area contributed by atoms with Crippen LogP contribution in [-0.4, -0.2) is 21.2 Å². The highest BCUT2D eigenvalue weighted by Crippen LogP contribution is 2.35. The molecule has 156 valence electrons. The summed E-state index contributed by atoms with van der Waals surface area (Å²) < 4.78 is 1.63. The van der Waals surface area contributed by atoms with Crippen molar-refractivity contribution in [2.24, 2.45) is 0 Å². The van der Waals surface area contributed by atoms with Gasteiger partial charge in [0.05, 0.1) is 11.1 Å². The van der Waals surface area contributed by atoms with Crippen LogP contribution in [0.1, 0.15) is 42.2 Å². The van der Waals surface area contributed by atoms with Crippen LogP contribution in [0.25, 0.3) is 10.2 Å². The average molecular weight is 440 g/mol. The van der Waals surface area contributed by atoms with Gasteiger partial charge in [0, 0.05) is 17.1 Å². The van der Waals surface area contributed by atoms with E-state index in [2.05, 4.69) is 25.7 Å². The third kappa shape index (κ3) is 4.09. The molecule has 1 amide bonds. The Labute approximate surface area is 184 Å². The van der Waals surface area contributed by atoms with Gasteiger partial charge in [0.2, 0.25) is 5.91 Å². The number of allylic oxidation sites excluding steroid dienone is 1. The fraction of sp³-hybridized carbons (Fsp3) is 0.348. The first kappa shape index (κ1) is 20.9. The number of carbonyl (C=O) groups is 1. The van der Waals surface area contributed by atoms with Crippen LogP contribution < -0.4 is 10.9 Å². The molecule has 0 aliphatic heterocycles. The summed E-state index contributed by atoms with van der Waals surface area (Å²) in [6.07, 6.45) is 4.78. The number of fused-ring (bicyclic) bond motifs is 3. The van der Waals surface area contributed by atoms with Crippen molar-refractivity contribution >= 4 is 44.9 Å². The molecule has 0 atom stereocenters.